The monoisotopic (exact) mass is 542 g/mol. The first-order valence-electron chi connectivity index (χ1n) is 14.3. The lowest BCUT2D eigenvalue weighted by Gasteiger charge is -2.33. The van der Waals surface area contributed by atoms with Crippen molar-refractivity contribution in [3.8, 4) is 5.75 Å². The van der Waals surface area contributed by atoms with Gasteiger partial charge in [-0.2, -0.15) is 0 Å². The van der Waals surface area contributed by atoms with Crippen LogP contribution in [0.2, 0.25) is 0 Å². The zero-order valence-electron chi connectivity index (χ0n) is 23.3. The fourth-order valence-electron chi connectivity index (χ4n) is 5.36. The molecule has 2 heterocycles. The number of carboxylic acid groups (broad SMARTS) is 1. The molecular formula is C32H38N4O4. The van der Waals surface area contributed by atoms with Gasteiger partial charge in [0.25, 0.3) is 5.91 Å². The summed E-state index contributed by atoms with van der Waals surface area (Å²) in [6.45, 7) is 5.71. The number of carbonyl (C=O) groups excluding carboxylic acids is 1. The predicted octanol–water partition coefficient (Wildman–Crippen LogP) is 5.29. The van der Waals surface area contributed by atoms with Crippen molar-refractivity contribution in [1.29, 1.82) is 0 Å². The lowest BCUT2D eigenvalue weighted by Crippen LogP contribution is -2.41. The average molecular weight is 543 g/mol. The molecule has 40 heavy (non-hydrogen) atoms. The zero-order valence-corrected chi connectivity index (χ0v) is 23.3. The van der Waals surface area contributed by atoms with Crippen LogP contribution in [0, 0.1) is 12.8 Å². The highest BCUT2D eigenvalue weighted by Gasteiger charge is 2.27. The standard InChI is InChI=1S/C32H38N4O4/c1-3-27(32(38)39)34-31(37)29-30(40-20-23-7-5-4-6-8-23)21(2)33-28(35-29)19-22-15-17-36(18-16-22)26-13-11-25(12-14-26)24-9-10-24/h4-8,11-14,22,24,27H,3,9-10,15-20H2,1-2H3,(H,34,37)(H,38,39). The molecule has 8 heteroatoms. The Hall–Kier alpha value is -3.94. The van der Waals surface area contributed by atoms with Crippen molar-refractivity contribution >= 4 is 17.6 Å². The molecule has 2 aromatic carbocycles. The molecule has 1 saturated carbocycles. The number of anilines is 1. The minimum atomic E-state index is -1.08. The van der Waals surface area contributed by atoms with Crippen LogP contribution in [0.1, 0.15) is 78.1 Å². The molecule has 8 nitrogen and oxygen atoms in total. The number of amides is 1. The lowest BCUT2D eigenvalue weighted by molar-refractivity contribution is -0.139. The number of hydrogen-bond donors (Lipinski definition) is 2. The molecule has 1 atom stereocenters. The minimum absolute atomic E-state index is 0.0892. The van der Waals surface area contributed by atoms with Crippen LogP contribution in [0.15, 0.2) is 54.6 Å². The van der Waals surface area contributed by atoms with Gasteiger partial charge in [-0.1, -0.05) is 49.4 Å². The highest BCUT2D eigenvalue weighted by atomic mass is 16.5. The summed E-state index contributed by atoms with van der Waals surface area (Å²) in [4.78, 5) is 36.7. The van der Waals surface area contributed by atoms with Gasteiger partial charge in [-0.25, -0.2) is 14.8 Å². The van der Waals surface area contributed by atoms with Crippen LogP contribution in [-0.2, 0) is 17.8 Å². The number of aryl methyl sites for hydroxylation is 1. The molecule has 0 bridgehead atoms. The van der Waals surface area contributed by atoms with Gasteiger partial charge in [-0.05, 0) is 74.1 Å². The summed E-state index contributed by atoms with van der Waals surface area (Å²) in [5.74, 6) is 0.398. The number of carboxylic acids is 1. The molecule has 1 unspecified atom stereocenters. The quantitative estimate of drug-likeness (QED) is 0.339. The molecule has 1 aromatic heterocycles. The van der Waals surface area contributed by atoms with E-state index < -0.39 is 17.9 Å². The Morgan fingerprint density at radius 1 is 1.02 bits per heavy atom. The summed E-state index contributed by atoms with van der Waals surface area (Å²) in [5, 5.41) is 12.1. The van der Waals surface area contributed by atoms with E-state index in [2.05, 4.69) is 39.5 Å². The predicted molar refractivity (Wildman–Crippen MR) is 154 cm³/mol. The molecule has 0 radical (unpaired) electrons. The normalized spacial score (nSPS) is 16.4. The second-order valence-corrected chi connectivity index (χ2v) is 11.0. The number of ether oxygens (including phenoxy) is 1. The maximum absolute atomic E-state index is 13.3. The van der Waals surface area contributed by atoms with Crippen LogP contribution >= 0.6 is 0 Å². The Bertz CT molecular complexity index is 1320. The van der Waals surface area contributed by atoms with E-state index in [0.717, 1.165) is 37.4 Å². The van der Waals surface area contributed by atoms with Crippen molar-refractivity contribution in [3.05, 3.63) is 82.9 Å². The first-order chi connectivity index (χ1) is 19.4. The topological polar surface area (TPSA) is 105 Å². The Morgan fingerprint density at radius 3 is 2.35 bits per heavy atom. The van der Waals surface area contributed by atoms with E-state index in [9.17, 15) is 14.7 Å². The highest BCUT2D eigenvalue weighted by Crippen LogP contribution is 2.40. The summed E-state index contributed by atoms with van der Waals surface area (Å²) in [6, 6.07) is 17.7. The Balaban J connectivity index is 1.28. The fourth-order valence-corrected chi connectivity index (χ4v) is 5.36. The van der Waals surface area contributed by atoms with Crippen LogP contribution < -0.4 is 15.0 Å². The number of carbonyl (C=O) groups is 2. The van der Waals surface area contributed by atoms with Crippen molar-refractivity contribution in [2.24, 2.45) is 5.92 Å². The van der Waals surface area contributed by atoms with E-state index in [4.69, 9.17) is 9.72 Å². The smallest absolute Gasteiger partial charge is 0.326 e. The number of benzene rings is 2. The van der Waals surface area contributed by atoms with Crippen molar-refractivity contribution in [2.75, 3.05) is 18.0 Å². The zero-order chi connectivity index (χ0) is 28.1. The number of nitrogens with one attached hydrogen (secondary N) is 1. The van der Waals surface area contributed by atoms with Gasteiger partial charge in [0.15, 0.2) is 11.4 Å². The molecule has 3 aromatic rings. The number of piperidine rings is 1. The maximum Gasteiger partial charge on any atom is 0.326 e. The van der Waals surface area contributed by atoms with Crippen molar-refractivity contribution in [3.63, 3.8) is 0 Å². The summed E-state index contributed by atoms with van der Waals surface area (Å²) in [7, 11) is 0. The van der Waals surface area contributed by atoms with Gasteiger partial charge in [-0.15, -0.1) is 0 Å². The summed E-state index contributed by atoms with van der Waals surface area (Å²) < 4.78 is 6.05. The summed E-state index contributed by atoms with van der Waals surface area (Å²) in [6.07, 6.45) is 5.57. The largest absolute Gasteiger partial charge is 0.485 e. The van der Waals surface area contributed by atoms with Crippen LogP contribution in [0.5, 0.6) is 5.75 Å². The molecule has 2 N–H and O–H groups in total. The van der Waals surface area contributed by atoms with Crippen molar-refractivity contribution in [1.82, 2.24) is 15.3 Å². The van der Waals surface area contributed by atoms with E-state index in [1.165, 1.54) is 24.1 Å². The van der Waals surface area contributed by atoms with Crippen LogP contribution in [0.25, 0.3) is 0 Å². The minimum Gasteiger partial charge on any atom is -0.485 e. The second kappa shape index (κ2) is 12.5. The average Bonchev–Trinajstić information content (AvgIpc) is 3.82. The maximum atomic E-state index is 13.3. The number of rotatable bonds is 11. The molecule has 1 saturated heterocycles. The second-order valence-electron chi connectivity index (χ2n) is 11.0. The van der Waals surface area contributed by atoms with Crippen LogP contribution in [0.3, 0.4) is 0 Å². The Morgan fingerprint density at radius 2 is 1.73 bits per heavy atom. The van der Waals surface area contributed by atoms with Gasteiger partial charge in [0, 0.05) is 25.2 Å². The summed E-state index contributed by atoms with van der Waals surface area (Å²) >= 11 is 0. The van der Waals surface area contributed by atoms with Crippen molar-refractivity contribution in [2.45, 2.75) is 70.9 Å². The van der Waals surface area contributed by atoms with E-state index in [0.29, 0.717) is 23.9 Å². The molecule has 1 amide bonds. The Labute approximate surface area is 235 Å². The van der Waals surface area contributed by atoms with E-state index >= 15 is 0 Å². The highest BCUT2D eigenvalue weighted by molar-refractivity contribution is 5.97. The molecule has 1 aliphatic carbocycles. The van der Waals surface area contributed by atoms with Crippen molar-refractivity contribution < 1.29 is 19.4 Å². The SMILES string of the molecule is CCC(NC(=O)c1nc(CC2CCN(c3ccc(C4CC4)cc3)CC2)nc(C)c1OCc1ccccc1)C(=O)O. The molecule has 2 aliphatic rings. The molecule has 0 spiro atoms. The fraction of sp³-hybridized carbons (Fsp3) is 0.438. The summed E-state index contributed by atoms with van der Waals surface area (Å²) in [5.41, 5.74) is 4.34. The first-order valence-corrected chi connectivity index (χ1v) is 14.3. The number of nitrogens with zero attached hydrogens (tertiary/aromatic N) is 3. The third-order valence-electron chi connectivity index (χ3n) is 7.93. The Kier molecular flexibility index (Phi) is 8.63. The molecule has 210 valence electrons. The molecule has 1 aliphatic heterocycles. The van der Waals surface area contributed by atoms with Gasteiger partial charge in [-0.3, -0.25) is 4.79 Å². The van der Waals surface area contributed by atoms with Crippen LogP contribution in [0.4, 0.5) is 5.69 Å². The van der Waals surface area contributed by atoms with Gasteiger partial charge in [0.2, 0.25) is 0 Å². The molecule has 5 rings (SSSR count). The molecular weight excluding hydrogens is 504 g/mol. The first kappa shape index (κ1) is 27.6. The van der Waals surface area contributed by atoms with Gasteiger partial charge in [0.1, 0.15) is 18.5 Å². The number of aliphatic carboxylic acids is 1. The lowest BCUT2D eigenvalue weighted by atomic mass is 9.92. The molecule has 2 fully saturated rings. The number of hydrogen-bond acceptors (Lipinski definition) is 6. The number of aromatic nitrogens is 2. The van der Waals surface area contributed by atoms with Crippen LogP contribution in [-0.4, -0.2) is 46.1 Å². The van der Waals surface area contributed by atoms with E-state index in [-0.39, 0.29) is 24.5 Å². The van der Waals surface area contributed by atoms with E-state index in [1.54, 1.807) is 6.92 Å². The van der Waals surface area contributed by atoms with Gasteiger partial charge < -0.3 is 20.1 Å². The third-order valence-corrected chi connectivity index (χ3v) is 7.93. The van der Waals surface area contributed by atoms with Gasteiger partial charge in [0.05, 0.1) is 5.69 Å². The third kappa shape index (κ3) is 6.79. The van der Waals surface area contributed by atoms with E-state index in [1.807, 2.05) is 37.3 Å². The van der Waals surface area contributed by atoms with Gasteiger partial charge >= 0.3 is 5.97 Å².